The second-order valence-electron chi connectivity index (χ2n) is 4.79. The largest absolute Gasteiger partial charge is 0.399 e. The van der Waals surface area contributed by atoms with E-state index in [0.29, 0.717) is 12.8 Å². The van der Waals surface area contributed by atoms with Gasteiger partial charge in [-0.2, -0.15) is 0 Å². The van der Waals surface area contributed by atoms with Gasteiger partial charge in [0.1, 0.15) is 0 Å². The molecule has 0 aliphatic rings. The van der Waals surface area contributed by atoms with Crippen LogP contribution in [-0.2, 0) is 11.2 Å². The van der Waals surface area contributed by atoms with Crippen molar-refractivity contribution in [2.45, 2.75) is 25.8 Å². The van der Waals surface area contributed by atoms with E-state index in [1.165, 1.54) is 0 Å². The third-order valence-electron chi connectivity index (χ3n) is 3.10. The Morgan fingerprint density at radius 3 is 2.85 bits per heavy atom. The van der Waals surface area contributed by atoms with Gasteiger partial charge in [-0.3, -0.25) is 9.78 Å². The Hall–Kier alpha value is -2.36. The van der Waals surface area contributed by atoms with Crippen molar-refractivity contribution in [3.05, 3.63) is 59.9 Å². The van der Waals surface area contributed by atoms with E-state index in [0.717, 1.165) is 16.9 Å². The number of nitrogens with one attached hydrogen (secondary N) is 1. The lowest BCUT2D eigenvalue weighted by molar-refractivity contribution is -0.121. The Bertz CT molecular complexity index is 569. The number of amides is 1. The van der Waals surface area contributed by atoms with Gasteiger partial charge >= 0.3 is 0 Å². The number of rotatable bonds is 5. The van der Waals surface area contributed by atoms with Crippen molar-refractivity contribution in [2.24, 2.45) is 0 Å². The van der Waals surface area contributed by atoms with Crippen LogP contribution in [0.25, 0.3) is 0 Å². The summed E-state index contributed by atoms with van der Waals surface area (Å²) in [5.41, 5.74) is 8.38. The van der Waals surface area contributed by atoms with Crippen LogP contribution in [0.5, 0.6) is 0 Å². The highest BCUT2D eigenvalue weighted by Gasteiger charge is 2.10. The molecule has 2 rings (SSSR count). The van der Waals surface area contributed by atoms with E-state index in [9.17, 15) is 4.79 Å². The number of anilines is 1. The fourth-order valence-electron chi connectivity index (χ4n) is 2.03. The molecular weight excluding hydrogens is 250 g/mol. The molecule has 0 spiro atoms. The molecule has 0 fully saturated rings. The average molecular weight is 269 g/mol. The Morgan fingerprint density at radius 1 is 1.30 bits per heavy atom. The molecule has 20 heavy (non-hydrogen) atoms. The first kappa shape index (κ1) is 14.1. The summed E-state index contributed by atoms with van der Waals surface area (Å²) in [4.78, 5) is 16.1. The molecule has 104 valence electrons. The van der Waals surface area contributed by atoms with Gasteiger partial charge in [-0.05, 0) is 43.2 Å². The Morgan fingerprint density at radius 2 is 2.15 bits per heavy atom. The third-order valence-corrected chi connectivity index (χ3v) is 3.10. The van der Waals surface area contributed by atoms with Crippen LogP contribution in [0.2, 0.25) is 0 Å². The second-order valence-corrected chi connectivity index (χ2v) is 4.79. The Balaban J connectivity index is 1.84. The monoisotopic (exact) mass is 269 g/mol. The van der Waals surface area contributed by atoms with E-state index in [2.05, 4.69) is 10.3 Å². The van der Waals surface area contributed by atoms with Crippen LogP contribution in [-0.4, -0.2) is 10.9 Å². The van der Waals surface area contributed by atoms with Crippen LogP contribution >= 0.6 is 0 Å². The lowest BCUT2D eigenvalue weighted by Gasteiger charge is -2.13. The van der Waals surface area contributed by atoms with E-state index < -0.39 is 0 Å². The summed E-state index contributed by atoms with van der Waals surface area (Å²) in [6.07, 6.45) is 2.86. The van der Waals surface area contributed by atoms with Gasteiger partial charge in [0.05, 0.1) is 11.7 Å². The molecular formula is C16H19N3O. The highest BCUT2D eigenvalue weighted by molar-refractivity contribution is 5.76. The van der Waals surface area contributed by atoms with E-state index in [1.807, 2.05) is 49.4 Å². The summed E-state index contributed by atoms with van der Waals surface area (Å²) in [5.74, 6) is 0.0191. The molecule has 3 N–H and O–H groups in total. The molecule has 0 radical (unpaired) electrons. The van der Waals surface area contributed by atoms with Gasteiger partial charge < -0.3 is 11.1 Å². The molecule has 0 bridgehead atoms. The number of carbonyl (C=O) groups is 1. The number of hydrogen-bond acceptors (Lipinski definition) is 3. The number of aryl methyl sites for hydroxylation is 1. The summed E-state index contributed by atoms with van der Waals surface area (Å²) in [7, 11) is 0. The molecule has 0 unspecified atom stereocenters. The minimum absolute atomic E-state index is 0.0191. The molecule has 0 saturated heterocycles. The quantitative estimate of drug-likeness (QED) is 0.819. The highest BCUT2D eigenvalue weighted by Crippen LogP contribution is 2.11. The third kappa shape index (κ3) is 4.09. The SMILES string of the molecule is C[C@H](NC(=O)CCc1cccc(N)c1)c1ccccn1. The van der Waals surface area contributed by atoms with Crippen molar-refractivity contribution < 1.29 is 4.79 Å². The van der Waals surface area contributed by atoms with Crippen molar-refractivity contribution in [1.82, 2.24) is 10.3 Å². The summed E-state index contributed by atoms with van der Waals surface area (Å²) < 4.78 is 0. The number of nitrogen functional groups attached to an aromatic ring is 1. The number of carbonyl (C=O) groups excluding carboxylic acids is 1. The van der Waals surface area contributed by atoms with Crippen LogP contribution in [0.4, 0.5) is 5.69 Å². The zero-order valence-electron chi connectivity index (χ0n) is 11.5. The molecule has 4 heteroatoms. The topological polar surface area (TPSA) is 68.0 Å². The molecule has 1 aromatic carbocycles. The van der Waals surface area contributed by atoms with E-state index in [-0.39, 0.29) is 11.9 Å². The molecule has 2 aromatic rings. The van der Waals surface area contributed by atoms with Crippen molar-refractivity contribution in [2.75, 3.05) is 5.73 Å². The van der Waals surface area contributed by atoms with Crippen LogP contribution in [0.15, 0.2) is 48.7 Å². The van der Waals surface area contributed by atoms with E-state index >= 15 is 0 Å². The number of aromatic nitrogens is 1. The fraction of sp³-hybridized carbons (Fsp3) is 0.250. The van der Waals surface area contributed by atoms with Crippen molar-refractivity contribution >= 4 is 11.6 Å². The summed E-state index contributed by atoms with van der Waals surface area (Å²) in [6.45, 7) is 1.93. The number of hydrogen-bond donors (Lipinski definition) is 2. The summed E-state index contributed by atoms with van der Waals surface area (Å²) in [6, 6.07) is 13.2. The van der Waals surface area contributed by atoms with Gasteiger partial charge in [-0.15, -0.1) is 0 Å². The lowest BCUT2D eigenvalue weighted by atomic mass is 10.1. The van der Waals surface area contributed by atoms with Gasteiger partial charge in [0.25, 0.3) is 0 Å². The fourth-order valence-corrected chi connectivity index (χ4v) is 2.03. The Labute approximate surface area is 119 Å². The Kier molecular flexibility index (Phi) is 4.71. The number of nitrogens with zero attached hydrogens (tertiary/aromatic N) is 1. The zero-order valence-corrected chi connectivity index (χ0v) is 11.5. The maximum absolute atomic E-state index is 11.9. The normalized spacial score (nSPS) is 11.8. The van der Waals surface area contributed by atoms with Gasteiger partial charge in [-0.1, -0.05) is 18.2 Å². The lowest BCUT2D eigenvalue weighted by Crippen LogP contribution is -2.27. The molecule has 1 atom stereocenters. The van der Waals surface area contributed by atoms with Gasteiger partial charge in [0.2, 0.25) is 5.91 Å². The summed E-state index contributed by atoms with van der Waals surface area (Å²) >= 11 is 0. The van der Waals surface area contributed by atoms with Crippen LogP contribution in [0.3, 0.4) is 0 Å². The standard InChI is InChI=1S/C16H19N3O/c1-12(15-7-2-3-10-18-15)19-16(20)9-8-13-5-4-6-14(17)11-13/h2-7,10-12H,8-9,17H2,1H3,(H,19,20)/t12-/m0/s1. The zero-order chi connectivity index (χ0) is 14.4. The molecule has 0 saturated carbocycles. The maximum Gasteiger partial charge on any atom is 0.220 e. The molecule has 1 amide bonds. The maximum atomic E-state index is 11.9. The van der Waals surface area contributed by atoms with E-state index in [4.69, 9.17) is 5.73 Å². The highest BCUT2D eigenvalue weighted by atomic mass is 16.1. The van der Waals surface area contributed by atoms with Gasteiger partial charge in [0.15, 0.2) is 0 Å². The first-order chi connectivity index (χ1) is 9.65. The average Bonchev–Trinajstić information content (AvgIpc) is 2.46. The number of pyridine rings is 1. The number of nitrogens with two attached hydrogens (primary N) is 1. The second kappa shape index (κ2) is 6.70. The van der Waals surface area contributed by atoms with Gasteiger partial charge in [-0.25, -0.2) is 0 Å². The van der Waals surface area contributed by atoms with Crippen LogP contribution in [0, 0.1) is 0 Å². The summed E-state index contributed by atoms with van der Waals surface area (Å²) in [5, 5.41) is 2.95. The smallest absolute Gasteiger partial charge is 0.220 e. The first-order valence-corrected chi connectivity index (χ1v) is 6.70. The molecule has 0 aliphatic carbocycles. The molecule has 4 nitrogen and oxygen atoms in total. The van der Waals surface area contributed by atoms with Crippen LogP contribution in [0.1, 0.15) is 30.6 Å². The van der Waals surface area contributed by atoms with Gasteiger partial charge in [0, 0.05) is 18.3 Å². The first-order valence-electron chi connectivity index (χ1n) is 6.70. The van der Waals surface area contributed by atoms with Crippen LogP contribution < -0.4 is 11.1 Å². The van der Waals surface area contributed by atoms with Crippen molar-refractivity contribution in [3.8, 4) is 0 Å². The minimum atomic E-state index is -0.0791. The van der Waals surface area contributed by atoms with Crippen molar-refractivity contribution in [3.63, 3.8) is 0 Å². The molecule has 1 aromatic heterocycles. The molecule has 1 heterocycles. The predicted molar refractivity (Wildman–Crippen MR) is 80.0 cm³/mol. The minimum Gasteiger partial charge on any atom is -0.399 e. The number of benzene rings is 1. The predicted octanol–water partition coefficient (Wildman–Crippen LogP) is 2.47. The molecule has 0 aliphatic heterocycles. The van der Waals surface area contributed by atoms with E-state index in [1.54, 1.807) is 6.20 Å². The van der Waals surface area contributed by atoms with Crippen molar-refractivity contribution in [1.29, 1.82) is 0 Å².